The molecule has 0 aliphatic heterocycles. The number of amides is 1. The fourth-order valence-corrected chi connectivity index (χ4v) is 3.33. The van der Waals surface area contributed by atoms with Crippen LogP contribution in [-0.2, 0) is 11.2 Å². The molecule has 0 aliphatic rings. The van der Waals surface area contributed by atoms with Gasteiger partial charge in [-0.3, -0.25) is 4.79 Å². The third-order valence-electron chi connectivity index (χ3n) is 2.90. The molecule has 1 amide bonds. The fourth-order valence-electron chi connectivity index (χ4n) is 1.93. The van der Waals surface area contributed by atoms with Gasteiger partial charge in [0.05, 0.1) is 0 Å². The molecule has 2 heterocycles. The van der Waals surface area contributed by atoms with Gasteiger partial charge in [-0.2, -0.15) is 9.61 Å². The molecule has 3 rings (SSSR count). The lowest BCUT2D eigenvalue weighted by Gasteiger charge is -2.05. The third kappa shape index (κ3) is 3.37. The first kappa shape index (κ1) is 15.2. The third-order valence-corrected chi connectivity index (χ3v) is 4.30. The molecular weight excluding hydrogens is 345 g/mol. The van der Waals surface area contributed by atoms with Gasteiger partial charge in [0.15, 0.2) is 5.82 Å². The summed E-state index contributed by atoms with van der Waals surface area (Å²) in [6.45, 7) is 1.83. The number of aryl methyl sites for hydroxylation is 2. The lowest BCUT2D eigenvalue weighted by molar-refractivity contribution is -0.116. The lowest BCUT2D eigenvalue weighted by Crippen LogP contribution is -2.12. The molecule has 0 bridgehead atoms. The van der Waals surface area contributed by atoms with Crippen LogP contribution in [0.1, 0.15) is 17.3 Å². The van der Waals surface area contributed by atoms with Gasteiger partial charge in [0.25, 0.3) is 0 Å². The van der Waals surface area contributed by atoms with Gasteiger partial charge in [-0.05, 0) is 25.1 Å². The van der Waals surface area contributed by atoms with E-state index in [0.29, 0.717) is 28.6 Å². The zero-order valence-corrected chi connectivity index (χ0v) is 13.8. The molecular formula is C13H11Cl2N5OS. The average Bonchev–Trinajstić information content (AvgIpc) is 2.98. The van der Waals surface area contributed by atoms with Gasteiger partial charge in [-0.15, -0.1) is 10.2 Å². The number of carbonyl (C=O) groups excluding carboxylic acids is 1. The Kier molecular flexibility index (Phi) is 4.28. The Morgan fingerprint density at radius 3 is 2.68 bits per heavy atom. The van der Waals surface area contributed by atoms with Crippen LogP contribution in [0.4, 0.5) is 5.69 Å². The molecule has 6 nitrogen and oxygen atoms in total. The van der Waals surface area contributed by atoms with E-state index in [1.807, 2.05) is 6.92 Å². The number of anilines is 1. The number of fused-ring (bicyclic) bond motifs is 1. The maximum atomic E-state index is 12.0. The van der Waals surface area contributed by atoms with Crippen LogP contribution in [0.2, 0.25) is 10.0 Å². The molecule has 0 saturated carbocycles. The summed E-state index contributed by atoms with van der Waals surface area (Å²) in [6.07, 6.45) is 0.848. The van der Waals surface area contributed by atoms with Crippen molar-refractivity contribution in [2.45, 2.75) is 19.8 Å². The second kappa shape index (κ2) is 6.20. The van der Waals surface area contributed by atoms with Crippen molar-refractivity contribution in [1.82, 2.24) is 19.8 Å². The number of hydrogen-bond donors (Lipinski definition) is 1. The topological polar surface area (TPSA) is 72.2 Å². The Morgan fingerprint density at radius 1 is 1.27 bits per heavy atom. The maximum absolute atomic E-state index is 12.0. The first-order valence-corrected chi connectivity index (χ1v) is 8.02. The van der Waals surface area contributed by atoms with Crippen LogP contribution in [0.15, 0.2) is 18.2 Å². The predicted molar refractivity (Wildman–Crippen MR) is 86.8 cm³/mol. The van der Waals surface area contributed by atoms with Crippen molar-refractivity contribution in [2.24, 2.45) is 0 Å². The minimum Gasteiger partial charge on any atom is -0.326 e. The van der Waals surface area contributed by atoms with E-state index in [-0.39, 0.29) is 5.91 Å². The van der Waals surface area contributed by atoms with E-state index in [1.54, 1.807) is 22.7 Å². The standard InChI is InChI=1S/C13H11Cl2N5OS/c1-7-17-18-13-20(7)19-12(22-13)3-2-11(21)16-10-5-8(14)4-9(15)6-10/h4-6H,2-3H2,1H3,(H,16,21). The minimum atomic E-state index is -0.124. The Bertz CT molecular complexity index is 824. The summed E-state index contributed by atoms with van der Waals surface area (Å²) >= 11 is 13.2. The van der Waals surface area contributed by atoms with Crippen LogP contribution in [0, 0.1) is 6.92 Å². The quantitative estimate of drug-likeness (QED) is 0.778. The lowest BCUT2D eigenvalue weighted by atomic mass is 10.2. The summed E-state index contributed by atoms with van der Waals surface area (Å²) in [4.78, 5) is 12.7. The molecule has 1 N–H and O–H groups in total. The second-order valence-electron chi connectivity index (χ2n) is 4.64. The molecule has 0 aliphatic carbocycles. The number of nitrogens with zero attached hydrogens (tertiary/aromatic N) is 4. The van der Waals surface area contributed by atoms with Gasteiger partial charge in [-0.1, -0.05) is 34.5 Å². The van der Waals surface area contributed by atoms with E-state index in [2.05, 4.69) is 20.6 Å². The van der Waals surface area contributed by atoms with E-state index >= 15 is 0 Å². The van der Waals surface area contributed by atoms with Gasteiger partial charge >= 0.3 is 0 Å². The smallest absolute Gasteiger partial charge is 0.234 e. The minimum absolute atomic E-state index is 0.124. The molecule has 9 heteroatoms. The van der Waals surface area contributed by atoms with Gasteiger partial charge in [-0.25, -0.2) is 0 Å². The van der Waals surface area contributed by atoms with E-state index < -0.39 is 0 Å². The highest BCUT2D eigenvalue weighted by atomic mass is 35.5. The molecule has 2 aromatic heterocycles. The number of rotatable bonds is 4. The Hall–Kier alpha value is -1.70. The van der Waals surface area contributed by atoms with Gasteiger partial charge in [0.1, 0.15) is 5.01 Å². The number of carbonyl (C=O) groups is 1. The van der Waals surface area contributed by atoms with E-state index in [9.17, 15) is 4.79 Å². The zero-order valence-electron chi connectivity index (χ0n) is 11.5. The van der Waals surface area contributed by atoms with Gasteiger partial charge in [0, 0.05) is 28.6 Å². The van der Waals surface area contributed by atoms with Crippen molar-refractivity contribution in [3.05, 3.63) is 39.1 Å². The van der Waals surface area contributed by atoms with Crippen molar-refractivity contribution in [3.8, 4) is 0 Å². The van der Waals surface area contributed by atoms with Crippen molar-refractivity contribution < 1.29 is 4.79 Å². The van der Waals surface area contributed by atoms with E-state index in [1.165, 1.54) is 11.3 Å². The normalized spacial score (nSPS) is 11.0. The number of nitrogens with one attached hydrogen (secondary N) is 1. The van der Waals surface area contributed by atoms with Crippen LogP contribution >= 0.6 is 34.5 Å². The molecule has 0 atom stereocenters. The summed E-state index contributed by atoms with van der Waals surface area (Å²) in [7, 11) is 0. The van der Waals surface area contributed by atoms with Crippen molar-refractivity contribution in [2.75, 3.05) is 5.32 Å². The summed E-state index contributed by atoms with van der Waals surface area (Å²) in [5, 5.41) is 16.8. The highest BCUT2D eigenvalue weighted by Gasteiger charge is 2.11. The van der Waals surface area contributed by atoms with E-state index in [0.717, 1.165) is 15.8 Å². The van der Waals surface area contributed by atoms with Gasteiger partial charge < -0.3 is 5.32 Å². The van der Waals surface area contributed by atoms with E-state index in [4.69, 9.17) is 23.2 Å². The highest BCUT2D eigenvalue weighted by molar-refractivity contribution is 7.16. The molecule has 0 saturated heterocycles. The van der Waals surface area contributed by atoms with Crippen LogP contribution in [-0.4, -0.2) is 25.7 Å². The summed E-state index contributed by atoms with van der Waals surface area (Å²) < 4.78 is 1.68. The monoisotopic (exact) mass is 355 g/mol. The highest BCUT2D eigenvalue weighted by Crippen LogP contribution is 2.22. The molecule has 0 radical (unpaired) electrons. The Labute approximate surface area is 140 Å². The molecule has 1 aromatic carbocycles. The molecule has 3 aromatic rings. The second-order valence-corrected chi connectivity index (χ2v) is 6.56. The van der Waals surface area contributed by atoms with Crippen molar-refractivity contribution in [3.63, 3.8) is 0 Å². The van der Waals surface area contributed by atoms with Crippen molar-refractivity contribution in [1.29, 1.82) is 0 Å². The van der Waals surface area contributed by atoms with Crippen LogP contribution in [0.5, 0.6) is 0 Å². The van der Waals surface area contributed by atoms with Crippen molar-refractivity contribution >= 4 is 51.1 Å². The first-order chi connectivity index (χ1) is 10.5. The molecule has 0 fully saturated rings. The Balaban J connectivity index is 1.62. The number of benzene rings is 1. The summed E-state index contributed by atoms with van der Waals surface area (Å²) in [5.74, 6) is 0.608. The molecule has 0 unspecified atom stereocenters. The number of aromatic nitrogens is 4. The summed E-state index contributed by atoms with van der Waals surface area (Å²) in [5.41, 5.74) is 0.580. The predicted octanol–water partition coefficient (Wildman–Crippen LogP) is 3.37. The number of halogens is 2. The van der Waals surface area contributed by atoms with Gasteiger partial charge in [0.2, 0.25) is 10.9 Å². The fraction of sp³-hybridized carbons (Fsp3) is 0.231. The number of hydrogen-bond acceptors (Lipinski definition) is 5. The Morgan fingerprint density at radius 2 is 2.00 bits per heavy atom. The maximum Gasteiger partial charge on any atom is 0.234 e. The molecule has 114 valence electrons. The van der Waals surface area contributed by atoms with Crippen LogP contribution in [0.3, 0.4) is 0 Å². The zero-order chi connectivity index (χ0) is 15.7. The molecule has 0 spiro atoms. The summed E-state index contributed by atoms with van der Waals surface area (Å²) in [6, 6.07) is 4.91. The van der Waals surface area contributed by atoms with Crippen LogP contribution < -0.4 is 5.32 Å². The average molecular weight is 356 g/mol. The van der Waals surface area contributed by atoms with Crippen LogP contribution in [0.25, 0.3) is 4.96 Å². The first-order valence-electron chi connectivity index (χ1n) is 6.45. The molecule has 22 heavy (non-hydrogen) atoms. The largest absolute Gasteiger partial charge is 0.326 e. The SMILES string of the molecule is Cc1nnc2sc(CCC(=O)Nc3cc(Cl)cc(Cl)c3)nn12.